The first-order chi connectivity index (χ1) is 9.99. The van der Waals surface area contributed by atoms with Crippen LogP contribution in [0.2, 0.25) is 0 Å². The third kappa shape index (κ3) is 2.45. The molecule has 0 amide bonds. The maximum atomic E-state index is 11.6. The number of imidazole rings is 1. The summed E-state index contributed by atoms with van der Waals surface area (Å²) in [5.74, 6) is 0.439. The fourth-order valence-electron chi connectivity index (χ4n) is 2.00. The molecule has 3 aromatic rings. The topological polar surface area (TPSA) is 86.5 Å². The lowest BCUT2D eigenvalue weighted by molar-refractivity contribution is 0.415. The molecule has 0 unspecified atom stereocenters. The second kappa shape index (κ2) is 4.81. The maximum Gasteiger partial charge on any atom is 0.175 e. The Labute approximate surface area is 121 Å². The third-order valence-electron chi connectivity index (χ3n) is 3.03. The second-order valence-electron chi connectivity index (χ2n) is 4.48. The van der Waals surface area contributed by atoms with Crippen molar-refractivity contribution in [3.63, 3.8) is 0 Å². The van der Waals surface area contributed by atoms with Gasteiger partial charge in [-0.15, -0.1) is 5.10 Å². The van der Waals surface area contributed by atoms with Crippen LogP contribution in [-0.2, 0) is 9.84 Å². The molecule has 0 saturated heterocycles. The molecule has 7 nitrogen and oxygen atoms in total. The average Bonchev–Trinajstić information content (AvgIpc) is 2.89. The molecular formula is C13H12N4O3S. The largest absolute Gasteiger partial charge is 0.496 e. The Kier molecular flexibility index (Phi) is 3.09. The Morgan fingerprint density at radius 2 is 2.05 bits per heavy atom. The van der Waals surface area contributed by atoms with Crippen molar-refractivity contribution in [2.75, 3.05) is 13.4 Å². The lowest BCUT2D eigenvalue weighted by Crippen LogP contribution is -1.98. The van der Waals surface area contributed by atoms with Crippen molar-refractivity contribution in [1.82, 2.24) is 19.8 Å². The summed E-state index contributed by atoms with van der Waals surface area (Å²) in [5, 5.41) is 7.68. The molecule has 2 aromatic heterocycles. The molecular weight excluding hydrogens is 292 g/mol. The molecule has 0 bridgehead atoms. The van der Waals surface area contributed by atoms with Gasteiger partial charge in [-0.3, -0.25) is 0 Å². The van der Waals surface area contributed by atoms with Crippen molar-refractivity contribution >= 4 is 15.5 Å². The summed E-state index contributed by atoms with van der Waals surface area (Å²) in [7, 11) is -1.80. The minimum Gasteiger partial charge on any atom is -0.496 e. The van der Waals surface area contributed by atoms with Crippen LogP contribution in [0, 0.1) is 0 Å². The molecule has 0 saturated carbocycles. The van der Waals surface area contributed by atoms with Crippen LogP contribution < -0.4 is 4.74 Å². The van der Waals surface area contributed by atoms with E-state index in [0.717, 1.165) is 6.26 Å². The number of benzene rings is 1. The summed E-state index contributed by atoms with van der Waals surface area (Å²) in [6.45, 7) is 0. The van der Waals surface area contributed by atoms with E-state index in [-0.39, 0.29) is 4.90 Å². The van der Waals surface area contributed by atoms with Crippen LogP contribution in [-0.4, -0.2) is 41.6 Å². The van der Waals surface area contributed by atoms with Gasteiger partial charge in [0.15, 0.2) is 15.5 Å². The van der Waals surface area contributed by atoms with E-state index in [1.54, 1.807) is 29.0 Å². The van der Waals surface area contributed by atoms with Crippen molar-refractivity contribution in [2.24, 2.45) is 0 Å². The van der Waals surface area contributed by atoms with Gasteiger partial charge in [0.1, 0.15) is 5.75 Å². The van der Waals surface area contributed by atoms with Gasteiger partial charge >= 0.3 is 0 Å². The zero-order valence-electron chi connectivity index (χ0n) is 11.4. The Morgan fingerprint density at radius 3 is 2.71 bits per heavy atom. The number of rotatable bonds is 3. The van der Waals surface area contributed by atoms with Gasteiger partial charge < -0.3 is 4.74 Å². The summed E-state index contributed by atoms with van der Waals surface area (Å²) in [5.41, 5.74) is 1.97. The zero-order valence-corrected chi connectivity index (χ0v) is 12.2. The monoisotopic (exact) mass is 304 g/mol. The second-order valence-corrected chi connectivity index (χ2v) is 6.50. The van der Waals surface area contributed by atoms with E-state index >= 15 is 0 Å². The fourth-order valence-corrected chi connectivity index (χ4v) is 2.64. The van der Waals surface area contributed by atoms with Gasteiger partial charge in [-0.25, -0.2) is 17.9 Å². The van der Waals surface area contributed by atoms with Crippen molar-refractivity contribution in [3.05, 3.63) is 36.7 Å². The summed E-state index contributed by atoms with van der Waals surface area (Å²) in [6.07, 6.45) is 4.42. The number of ether oxygens (including phenoxy) is 1. The molecule has 2 heterocycles. The predicted octanol–water partition coefficient (Wildman–Crippen LogP) is 1.20. The van der Waals surface area contributed by atoms with Gasteiger partial charge in [-0.2, -0.15) is 0 Å². The van der Waals surface area contributed by atoms with E-state index in [0.29, 0.717) is 22.7 Å². The average molecular weight is 304 g/mol. The Hall–Kier alpha value is -2.48. The number of sulfone groups is 1. The molecule has 8 heteroatoms. The van der Waals surface area contributed by atoms with Crippen molar-refractivity contribution < 1.29 is 13.2 Å². The van der Waals surface area contributed by atoms with Crippen molar-refractivity contribution in [1.29, 1.82) is 0 Å². The van der Waals surface area contributed by atoms with E-state index in [1.807, 2.05) is 0 Å². The summed E-state index contributed by atoms with van der Waals surface area (Å²) in [4.78, 5) is 4.62. The first-order valence-electron chi connectivity index (χ1n) is 6.04. The van der Waals surface area contributed by atoms with Crippen LogP contribution in [0.3, 0.4) is 0 Å². The summed E-state index contributed by atoms with van der Waals surface area (Å²) < 4.78 is 30.0. The summed E-state index contributed by atoms with van der Waals surface area (Å²) in [6, 6.07) is 6.42. The fraction of sp³-hybridized carbons (Fsp3) is 0.154. The number of nitrogens with zero attached hydrogens (tertiary/aromatic N) is 4. The minimum atomic E-state index is -3.29. The van der Waals surface area contributed by atoms with E-state index in [9.17, 15) is 8.42 Å². The highest BCUT2D eigenvalue weighted by atomic mass is 32.2. The summed E-state index contributed by atoms with van der Waals surface area (Å²) >= 11 is 0. The molecule has 0 N–H and O–H groups in total. The SMILES string of the molecule is COc1cc(S(C)(=O)=O)ccc1-c1cn2nnccc2n1. The van der Waals surface area contributed by atoms with Gasteiger partial charge in [0.05, 0.1) is 30.1 Å². The molecule has 0 aliphatic heterocycles. The highest BCUT2D eigenvalue weighted by Gasteiger charge is 2.15. The zero-order chi connectivity index (χ0) is 15.0. The highest BCUT2D eigenvalue weighted by molar-refractivity contribution is 7.90. The molecule has 108 valence electrons. The molecule has 0 spiro atoms. The molecule has 1 aromatic carbocycles. The lowest BCUT2D eigenvalue weighted by Gasteiger charge is -2.08. The van der Waals surface area contributed by atoms with E-state index in [4.69, 9.17) is 4.74 Å². The molecule has 0 atom stereocenters. The van der Waals surface area contributed by atoms with Crippen LogP contribution in [0.15, 0.2) is 41.6 Å². The van der Waals surface area contributed by atoms with E-state index in [2.05, 4.69) is 15.3 Å². The van der Waals surface area contributed by atoms with Crippen LogP contribution in [0.1, 0.15) is 0 Å². The van der Waals surface area contributed by atoms with Crippen LogP contribution >= 0.6 is 0 Å². The Balaban J connectivity index is 2.17. The standard InChI is InChI=1S/C13H12N4O3S/c1-20-12-7-9(21(2,18)19)3-4-10(12)11-8-17-13(15-11)5-6-14-16-17/h3-8H,1-2H3. The molecule has 0 aliphatic carbocycles. The number of hydrogen-bond acceptors (Lipinski definition) is 6. The Morgan fingerprint density at radius 1 is 1.24 bits per heavy atom. The molecule has 0 fully saturated rings. The number of methoxy groups -OCH3 is 1. The molecule has 21 heavy (non-hydrogen) atoms. The lowest BCUT2D eigenvalue weighted by atomic mass is 10.1. The minimum absolute atomic E-state index is 0.201. The number of hydrogen-bond donors (Lipinski definition) is 0. The highest BCUT2D eigenvalue weighted by Crippen LogP contribution is 2.31. The smallest absolute Gasteiger partial charge is 0.175 e. The normalized spacial score (nSPS) is 11.7. The Bertz CT molecular complexity index is 885. The molecule has 0 aliphatic rings. The van der Waals surface area contributed by atoms with Crippen LogP contribution in [0.5, 0.6) is 5.75 Å². The quantitative estimate of drug-likeness (QED) is 0.722. The molecule has 3 rings (SSSR count). The first-order valence-corrected chi connectivity index (χ1v) is 7.94. The van der Waals surface area contributed by atoms with E-state index < -0.39 is 9.84 Å². The third-order valence-corrected chi connectivity index (χ3v) is 4.14. The number of fused-ring (bicyclic) bond motifs is 1. The van der Waals surface area contributed by atoms with E-state index in [1.165, 1.54) is 19.2 Å². The van der Waals surface area contributed by atoms with Crippen LogP contribution in [0.25, 0.3) is 16.9 Å². The molecule has 0 radical (unpaired) electrons. The van der Waals surface area contributed by atoms with Gasteiger partial charge in [-0.05, 0) is 18.2 Å². The van der Waals surface area contributed by atoms with Gasteiger partial charge in [-0.1, -0.05) is 5.21 Å². The predicted molar refractivity (Wildman–Crippen MR) is 75.9 cm³/mol. The maximum absolute atomic E-state index is 11.6. The van der Waals surface area contributed by atoms with Gasteiger partial charge in [0.2, 0.25) is 0 Å². The first kappa shape index (κ1) is 13.5. The van der Waals surface area contributed by atoms with Crippen molar-refractivity contribution in [3.8, 4) is 17.0 Å². The van der Waals surface area contributed by atoms with Crippen LogP contribution in [0.4, 0.5) is 0 Å². The number of aromatic nitrogens is 4. The van der Waals surface area contributed by atoms with Crippen molar-refractivity contribution in [2.45, 2.75) is 4.90 Å². The van der Waals surface area contributed by atoms with Gasteiger partial charge in [0, 0.05) is 17.9 Å². The van der Waals surface area contributed by atoms with Gasteiger partial charge in [0.25, 0.3) is 0 Å².